The van der Waals surface area contributed by atoms with Crippen LogP contribution in [0.5, 0.6) is 0 Å². The zero-order chi connectivity index (χ0) is 16.4. The molecular formula is C19H25NO4. The van der Waals surface area contributed by atoms with E-state index >= 15 is 0 Å². The fourth-order valence-corrected chi connectivity index (χ4v) is 4.18. The minimum absolute atomic E-state index is 0.0474. The van der Waals surface area contributed by atoms with Crippen molar-refractivity contribution in [3.8, 4) is 0 Å². The number of hydrogen-bond donors (Lipinski definition) is 0. The molecule has 2 saturated heterocycles. The molecule has 1 aromatic carbocycles. The summed E-state index contributed by atoms with van der Waals surface area (Å²) in [4.78, 5) is 15.1. The Bertz CT molecular complexity index is 570. The second-order valence-electron chi connectivity index (χ2n) is 6.86. The third-order valence-corrected chi connectivity index (χ3v) is 5.42. The number of hydrogen-bond acceptors (Lipinski definition) is 4. The van der Waals surface area contributed by atoms with Gasteiger partial charge in [0.15, 0.2) is 5.79 Å². The summed E-state index contributed by atoms with van der Waals surface area (Å²) < 4.78 is 17.7. The van der Waals surface area contributed by atoms with Gasteiger partial charge in [-0.05, 0) is 18.4 Å². The molecule has 0 aromatic heterocycles. The first kappa shape index (κ1) is 16.1. The molecule has 0 unspecified atom stereocenters. The van der Waals surface area contributed by atoms with Gasteiger partial charge >= 0.3 is 0 Å². The highest BCUT2D eigenvalue weighted by molar-refractivity contribution is 5.80. The molecule has 1 amide bonds. The maximum Gasteiger partial charge on any atom is 0.231 e. The van der Waals surface area contributed by atoms with Crippen molar-refractivity contribution < 1.29 is 19.0 Å². The standard InChI is InChI=1S/C19H25NO4/c21-18(16-8-4-5-9-19(16)23-12-13-24-19)20-10-11-22-17(14-20)15-6-2-1-3-7-15/h1-3,6-7,16-17H,4-5,8-14H2/t16-,17+/m0/s1. The fraction of sp³-hybridized carbons (Fsp3) is 0.632. The molecule has 1 spiro atoms. The number of benzene rings is 1. The third-order valence-electron chi connectivity index (χ3n) is 5.42. The lowest BCUT2D eigenvalue weighted by atomic mass is 9.82. The smallest absolute Gasteiger partial charge is 0.231 e. The molecule has 0 N–H and O–H groups in total. The van der Waals surface area contributed by atoms with Crippen LogP contribution >= 0.6 is 0 Å². The van der Waals surface area contributed by atoms with Crippen LogP contribution in [0.4, 0.5) is 0 Å². The Labute approximate surface area is 142 Å². The highest BCUT2D eigenvalue weighted by Gasteiger charge is 2.50. The summed E-state index contributed by atoms with van der Waals surface area (Å²) in [6.07, 6.45) is 3.77. The topological polar surface area (TPSA) is 48.0 Å². The van der Waals surface area contributed by atoms with Crippen molar-refractivity contribution in [3.05, 3.63) is 35.9 Å². The van der Waals surface area contributed by atoms with Crippen LogP contribution in [0.3, 0.4) is 0 Å². The lowest BCUT2D eigenvalue weighted by molar-refractivity contribution is -0.218. The van der Waals surface area contributed by atoms with Gasteiger partial charge in [0.1, 0.15) is 6.10 Å². The highest BCUT2D eigenvalue weighted by Crippen LogP contribution is 2.41. The quantitative estimate of drug-likeness (QED) is 0.835. The molecule has 2 heterocycles. The molecular weight excluding hydrogens is 306 g/mol. The molecule has 130 valence electrons. The molecule has 1 aliphatic carbocycles. The van der Waals surface area contributed by atoms with Crippen molar-refractivity contribution in [2.24, 2.45) is 5.92 Å². The monoisotopic (exact) mass is 331 g/mol. The molecule has 5 heteroatoms. The van der Waals surface area contributed by atoms with Crippen LogP contribution in [0, 0.1) is 5.92 Å². The SMILES string of the molecule is O=C([C@@H]1CCCCC12OCCO2)N1CCO[C@@H](c2ccccc2)C1. The Kier molecular flexibility index (Phi) is 4.57. The fourth-order valence-electron chi connectivity index (χ4n) is 4.18. The van der Waals surface area contributed by atoms with E-state index in [0.29, 0.717) is 32.9 Å². The first-order valence-electron chi connectivity index (χ1n) is 9.02. The van der Waals surface area contributed by atoms with Crippen LogP contribution in [0.25, 0.3) is 0 Å². The van der Waals surface area contributed by atoms with Crippen molar-refractivity contribution in [1.29, 1.82) is 0 Å². The van der Waals surface area contributed by atoms with Crippen LogP contribution in [0.1, 0.15) is 37.4 Å². The van der Waals surface area contributed by atoms with Gasteiger partial charge in [-0.15, -0.1) is 0 Å². The van der Waals surface area contributed by atoms with E-state index in [1.807, 2.05) is 23.1 Å². The second-order valence-corrected chi connectivity index (χ2v) is 6.86. The number of rotatable bonds is 2. The highest BCUT2D eigenvalue weighted by atomic mass is 16.7. The molecule has 0 bridgehead atoms. The summed E-state index contributed by atoms with van der Waals surface area (Å²) >= 11 is 0. The Morgan fingerprint density at radius 3 is 2.67 bits per heavy atom. The average Bonchev–Trinajstić information content (AvgIpc) is 3.11. The number of carbonyl (C=O) groups is 1. The Hall–Kier alpha value is -1.43. The number of amides is 1. The van der Waals surface area contributed by atoms with E-state index < -0.39 is 5.79 Å². The summed E-state index contributed by atoms with van der Waals surface area (Å²) in [7, 11) is 0. The van der Waals surface area contributed by atoms with Gasteiger partial charge in [0.05, 0.1) is 32.3 Å². The van der Waals surface area contributed by atoms with Crippen LogP contribution in [-0.2, 0) is 19.0 Å². The van der Waals surface area contributed by atoms with Gasteiger partial charge < -0.3 is 19.1 Å². The van der Waals surface area contributed by atoms with E-state index in [2.05, 4.69) is 12.1 Å². The first-order valence-corrected chi connectivity index (χ1v) is 9.02. The maximum atomic E-state index is 13.2. The van der Waals surface area contributed by atoms with Gasteiger partial charge in [-0.3, -0.25) is 4.79 Å². The van der Waals surface area contributed by atoms with Gasteiger partial charge in [0.25, 0.3) is 0 Å². The van der Waals surface area contributed by atoms with Crippen LogP contribution in [0.15, 0.2) is 30.3 Å². The van der Waals surface area contributed by atoms with Crippen molar-refractivity contribution in [2.75, 3.05) is 32.9 Å². The summed E-state index contributed by atoms with van der Waals surface area (Å²) in [6, 6.07) is 10.1. The average molecular weight is 331 g/mol. The van der Waals surface area contributed by atoms with E-state index in [9.17, 15) is 4.79 Å². The van der Waals surface area contributed by atoms with Crippen molar-refractivity contribution in [3.63, 3.8) is 0 Å². The normalized spacial score (nSPS) is 29.8. The third kappa shape index (κ3) is 2.96. The lowest BCUT2D eigenvalue weighted by Crippen LogP contribution is -2.53. The Balaban J connectivity index is 1.49. The largest absolute Gasteiger partial charge is 0.370 e. The van der Waals surface area contributed by atoms with Crippen molar-refractivity contribution in [2.45, 2.75) is 37.6 Å². The Morgan fingerprint density at radius 2 is 1.88 bits per heavy atom. The predicted molar refractivity (Wildman–Crippen MR) is 88.3 cm³/mol. The predicted octanol–water partition coefficient (Wildman–Crippen LogP) is 2.52. The van der Waals surface area contributed by atoms with Gasteiger partial charge in [0.2, 0.25) is 5.91 Å². The summed E-state index contributed by atoms with van der Waals surface area (Å²) in [6.45, 7) is 3.02. The molecule has 2 atom stereocenters. The first-order chi connectivity index (χ1) is 11.8. The van der Waals surface area contributed by atoms with Crippen LogP contribution < -0.4 is 0 Å². The van der Waals surface area contributed by atoms with E-state index in [4.69, 9.17) is 14.2 Å². The van der Waals surface area contributed by atoms with E-state index in [1.54, 1.807) is 0 Å². The number of carbonyl (C=O) groups excluding carboxylic acids is 1. The maximum absolute atomic E-state index is 13.2. The second kappa shape index (κ2) is 6.82. The van der Waals surface area contributed by atoms with Gasteiger partial charge in [-0.25, -0.2) is 0 Å². The van der Waals surface area contributed by atoms with Crippen LogP contribution in [0.2, 0.25) is 0 Å². The van der Waals surface area contributed by atoms with Crippen molar-refractivity contribution in [1.82, 2.24) is 4.90 Å². The Morgan fingerprint density at radius 1 is 1.08 bits per heavy atom. The van der Waals surface area contributed by atoms with E-state index in [1.165, 1.54) is 0 Å². The summed E-state index contributed by atoms with van der Waals surface area (Å²) in [5, 5.41) is 0. The minimum atomic E-state index is -0.671. The van der Waals surface area contributed by atoms with Gasteiger partial charge in [-0.1, -0.05) is 36.8 Å². The van der Waals surface area contributed by atoms with Gasteiger partial charge in [-0.2, -0.15) is 0 Å². The molecule has 2 aliphatic heterocycles. The molecule has 24 heavy (non-hydrogen) atoms. The zero-order valence-electron chi connectivity index (χ0n) is 14.0. The number of ether oxygens (including phenoxy) is 3. The molecule has 4 rings (SSSR count). The molecule has 3 aliphatic rings. The molecule has 5 nitrogen and oxygen atoms in total. The zero-order valence-corrected chi connectivity index (χ0v) is 14.0. The van der Waals surface area contributed by atoms with Crippen LogP contribution in [-0.4, -0.2) is 49.5 Å². The summed E-state index contributed by atoms with van der Waals surface area (Å²) in [5.41, 5.74) is 1.13. The number of nitrogens with zero attached hydrogens (tertiary/aromatic N) is 1. The molecule has 3 fully saturated rings. The van der Waals surface area contributed by atoms with Crippen molar-refractivity contribution >= 4 is 5.91 Å². The van der Waals surface area contributed by atoms with Gasteiger partial charge in [0, 0.05) is 13.0 Å². The molecule has 1 saturated carbocycles. The molecule has 0 radical (unpaired) electrons. The summed E-state index contributed by atoms with van der Waals surface area (Å²) in [5.74, 6) is -0.681. The molecule has 1 aromatic rings. The number of morpholine rings is 1. The van der Waals surface area contributed by atoms with E-state index in [0.717, 1.165) is 31.2 Å². The lowest BCUT2D eigenvalue weighted by Gasteiger charge is -2.42. The van der Waals surface area contributed by atoms with E-state index in [-0.39, 0.29) is 17.9 Å². The minimum Gasteiger partial charge on any atom is -0.370 e.